The van der Waals surface area contributed by atoms with Gasteiger partial charge in [-0.15, -0.1) is 5.10 Å². The monoisotopic (exact) mass is 240 g/mol. The Kier molecular flexibility index (Phi) is 3.50. The zero-order valence-corrected chi connectivity index (χ0v) is 10.1. The molecule has 0 radical (unpaired) electrons. The summed E-state index contributed by atoms with van der Waals surface area (Å²) in [6.45, 7) is 4.42. The van der Waals surface area contributed by atoms with Crippen LogP contribution in [0.1, 0.15) is 23.0 Å². The van der Waals surface area contributed by atoms with Crippen molar-refractivity contribution in [2.75, 3.05) is 19.6 Å². The molecule has 2 rings (SSSR count). The number of aromatic nitrogens is 2. The van der Waals surface area contributed by atoms with Crippen LogP contribution in [-0.2, 0) is 0 Å². The quantitative estimate of drug-likeness (QED) is 0.821. The van der Waals surface area contributed by atoms with Gasteiger partial charge < -0.3 is 10.6 Å². The van der Waals surface area contributed by atoms with Gasteiger partial charge in [0, 0.05) is 13.1 Å². The Hall–Kier alpha value is -1.01. The molecule has 0 saturated carbocycles. The van der Waals surface area contributed by atoms with Crippen molar-refractivity contribution in [1.82, 2.24) is 14.5 Å². The average molecular weight is 240 g/mol. The predicted molar refractivity (Wildman–Crippen MR) is 62.1 cm³/mol. The summed E-state index contributed by atoms with van der Waals surface area (Å²) in [5, 5.41) is 3.69. The second kappa shape index (κ2) is 4.88. The topological polar surface area (TPSA) is 72.1 Å². The number of rotatable bonds is 2. The fourth-order valence-corrected chi connectivity index (χ4v) is 2.54. The largest absolute Gasteiger partial charge is 0.338 e. The molecule has 16 heavy (non-hydrogen) atoms. The highest BCUT2D eigenvalue weighted by atomic mass is 32.1. The Labute approximate surface area is 98.8 Å². The van der Waals surface area contributed by atoms with Gasteiger partial charge >= 0.3 is 0 Å². The van der Waals surface area contributed by atoms with Crippen LogP contribution in [0.5, 0.6) is 0 Å². The minimum atomic E-state index is 0.0420. The van der Waals surface area contributed by atoms with Crippen molar-refractivity contribution >= 4 is 17.4 Å². The molecule has 0 spiro atoms. The first kappa shape index (κ1) is 11.5. The molecule has 0 aliphatic carbocycles. The second-order valence-corrected chi connectivity index (χ2v) is 5.08. The summed E-state index contributed by atoms with van der Waals surface area (Å²) in [5.41, 5.74) is 5.71. The van der Waals surface area contributed by atoms with E-state index in [1.165, 1.54) is 6.20 Å². The first-order chi connectivity index (χ1) is 7.72. The van der Waals surface area contributed by atoms with Crippen LogP contribution < -0.4 is 5.73 Å². The molecule has 2 N–H and O–H groups in total. The van der Waals surface area contributed by atoms with E-state index in [0.29, 0.717) is 23.3 Å². The summed E-state index contributed by atoms with van der Waals surface area (Å²) >= 11 is 1.15. The van der Waals surface area contributed by atoms with Crippen molar-refractivity contribution in [2.45, 2.75) is 13.3 Å². The second-order valence-electron chi connectivity index (χ2n) is 4.29. The van der Waals surface area contributed by atoms with Crippen molar-refractivity contribution in [3.8, 4) is 0 Å². The van der Waals surface area contributed by atoms with Crippen LogP contribution >= 0.6 is 11.5 Å². The Morgan fingerprint density at radius 1 is 1.75 bits per heavy atom. The van der Waals surface area contributed by atoms with Gasteiger partial charge in [0.05, 0.1) is 6.20 Å². The van der Waals surface area contributed by atoms with E-state index >= 15 is 0 Å². The van der Waals surface area contributed by atoms with Crippen molar-refractivity contribution in [2.24, 2.45) is 17.6 Å². The summed E-state index contributed by atoms with van der Waals surface area (Å²) in [4.78, 5) is 14.5. The number of carbonyl (C=O) groups excluding carboxylic acids is 1. The molecule has 5 nitrogen and oxygen atoms in total. The maximum Gasteiger partial charge on any atom is 0.267 e. The summed E-state index contributed by atoms with van der Waals surface area (Å²) in [6.07, 6.45) is 2.56. The SMILES string of the molecule is CC1CCN(C(=O)c2cnns2)CC1CN. The first-order valence-electron chi connectivity index (χ1n) is 5.49. The minimum absolute atomic E-state index is 0.0420. The Morgan fingerprint density at radius 2 is 2.56 bits per heavy atom. The fourth-order valence-electron chi connectivity index (χ4n) is 2.06. The van der Waals surface area contributed by atoms with Crippen molar-refractivity contribution in [3.63, 3.8) is 0 Å². The van der Waals surface area contributed by atoms with Crippen LogP contribution in [0.15, 0.2) is 6.20 Å². The van der Waals surface area contributed by atoms with Gasteiger partial charge in [0.25, 0.3) is 5.91 Å². The summed E-state index contributed by atoms with van der Waals surface area (Å²) in [5.74, 6) is 1.06. The van der Waals surface area contributed by atoms with Gasteiger partial charge in [-0.1, -0.05) is 11.4 Å². The highest BCUT2D eigenvalue weighted by Gasteiger charge is 2.29. The first-order valence-corrected chi connectivity index (χ1v) is 6.26. The van der Waals surface area contributed by atoms with E-state index in [-0.39, 0.29) is 5.91 Å². The van der Waals surface area contributed by atoms with E-state index in [1.54, 1.807) is 0 Å². The Balaban J connectivity index is 2.03. The zero-order valence-electron chi connectivity index (χ0n) is 9.30. The van der Waals surface area contributed by atoms with Crippen LogP contribution in [-0.4, -0.2) is 40.0 Å². The number of carbonyl (C=O) groups is 1. The number of piperidine rings is 1. The van der Waals surface area contributed by atoms with Crippen LogP contribution in [0.25, 0.3) is 0 Å². The lowest BCUT2D eigenvalue weighted by molar-refractivity contribution is 0.0623. The molecule has 1 saturated heterocycles. The number of amides is 1. The van der Waals surface area contributed by atoms with E-state index in [0.717, 1.165) is 31.0 Å². The molecule has 1 aromatic heterocycles. The number of nitrogens with zero attached hydrogens (tertiary/aromatic N) is 3. The van der Waals surface area contributed by atoms with E-state index in [4.69, 9.17) is 5.73 Å². The van der Waals surface area contributed by atoms with Gasteiger partial charge in [0.15, 0.2) is 0 Å². The van der Waals surface area contributed by atoms with Crippen molar-refractivity contribution in [3.05, 3.63) is 11.1 Å². The number of nitrogens with two attached hydrogens (primary N) is 1. The molecule has 1 aliphatic heterocycles. The van der Waals surface area contributed by atoms with Gasteiger partial charge in [-0.05, 0) is 36.3 Å². The third-order valence-corrected chi connectivity index (χ3v) is 3.93. The highest BCUT2D eigenvalue weighted by molar-refractivity contribution is 7.07. The predicted octanol–water partition coefficient (Wildman–Crippen LogP) is 0.595. The third-order valence-electron chi connectivity index (χ3n) is 3.28. The Morgan fingerprint density at radius 3 is 3.19 bits per heavy atom. The van der Waals surface area contributed by atoms with E-state index < -0.39 is 0 Å². The molecular weight excluding hydrogens is 224 g/mol. The maximum absolute atomic E-state index is 12.0. The number of hydrogen-bond donors (Lipinski definition) is 1. The van der Waals surface area contributed by atoms with Crippen molar-refractivity contribution in [1.29, 1.82) is 0 Å². The van der Waals surface area contributed by atoms with Crippen LogP contribution in [0.2, 0.25) is 0 Å². The maximum atomic E-state index is 12.0. The highest BCUT2D eigenvalue weighted by Crippen LogP contribution is 2.23. The standard InChI is InChI=1S/C10H16N4OS/c1-7-2-3-14(6-8(7)4-11)10(15)9-5-12-13-16-9/h5,7-8H,2-4,6,11H2,1H3. The minimum Gasteiger partial charge on any atom is -0.338 e. The molecule has 1 aliphatic rings. The summed E-state index contributed by atoms with van der Waals surface area (Å²) in [7, 11) is 0. The van der Waals surface area contributed by atoms with Crippen molar-refractivity contribution < 1.29 is 4.79 Å². The lowest BCUT2D eigenvalue weighted by atomic mass is 9.87. The van der Waals surface area contributed by atoms with E-state index in [9.17, 15) is 4.79 Å². The molecule has 2 heterocycles. The summed E-state index contributed by atoms with van der Waals surface area (Å²) < 4.78 is 3.71. The van der Waals surface area contributed by atoms with Gasteiger partial charge in [-0.2, -0.15) is 0 Å². The Bertz CT molecular complexity index is 354. The van der Waals surface area contributed by atoms with Gasteiger partial charge in [-0.25, -0.2) is 0 Å². The average Bonchev–Trinajstić information content (AvgIpc) is 2.82. The molecule has 2 atom stereocenters. The third kappa shape index (κ3) is 2.22. The van der Waals surface area contributed by atoms with Crippen LogP contribution in [0.3, 0.4) is 0 Å². The molecular formula is C10H16N4OS. The van der Waals surface area contributed by atoms with Gasteiger partial charge in [0.1, 0.15) is 4.88 Å². The molecule has 1 aromatic rings. The summed E-state index contributed by atoms with van der Waals surface area (Å²) in [6, 6.07) is 0. The molecule has 0 bridgehead atoms. The van der Waals surface area contributed by atoms with Crippen LogP contribution in [0.4, 0.5) is 0 Å². The number of hydrogen-bond acceptors (Lipinski definition) is 5. The van der Waals surface area contributed by atoms with E-state index in [2.05, 4.69) is 16.5 Å². The lowest BCUT2D eigenvalue weighted by Gasteiger charge is -2.36. The zero-order chi connectivity index (χ0) is 11.5. The normalized spacial score (nSPS) is 25.8. The van der Waals surface area contributed by atoms with Gasteiger partial charge in [-0.3, -0.25) is 4.79 Å². The van der Waals surface area contributed by atoms with Gasteiger partial charge in [0.2, 0.25) is 0 Å². The molecule has 6 heteroatoms. The molecule has 1 fully saturated rings. The fraction of sp³-hybridized carbons (Fsp3) is 0.700. The number of likely N-dealkylation sites (tertiary alicyclic amines) is 1. The molecule has 2 unspecified atom stereocenters. The molecule has 0 aromatic carbocycles. The van der Waals surface area contributed by atoms with E-state index in [1.807, 2.05) is 4.90 Å². The lowest BCUT2D eigenvalue weighted by Crippen LogP contribution is -2.45. The molecule has 1 amide bonds. The van der Waals surface area contributed by atoms with Crippen LogP contribution in [0, 0.1) is 11.8 Å². The molecule has 88 valence electrons. The smallest absolute Gasteiger partial charge is 0.267 e.